The van der Waals surface area contributed by atoms with Crippen LogP contribution in [-0.2, 0) is 0 Å². The van der Waals surface area contributed by atoms with Crippen LogP contribution in [0.15, 0.2) is 0 Å². The topological polar surface area (TPSA) is 32.1 Å². The molecule has 2 nitrogen and oxygen atoms in total. The molecule has 1 saturated heterocycles. The predicted molar refractivity (Wildman–Crippen MR) is 46.4 cm³/mol. The summed E-state index contributed by atoms with van der Waals surface area (Å²) < 4.78 is 0. The highest BCUT2D eigenvalue weighted by molar-refractivity contribution is 4.61. The molecule has 1 heterocycles. The maximum atomic E-state index is 3.93. The van der Waals surface area contributed by atoms with Crippen molar-refractivity contribution in [3.8, 4) is 0 Å². The van der Waals surface area contributed by atoms with Gasteiger partial charge in [0, 0.05) is 0 Å². The molecule has 1 rings (SSSR count). The number of piperidine rings is 1. The van der Waals surface area contributed by atoms with E-state index in [1.807, 2.05) is 0 Å². The second kappa shape index (κ2) is 4.07. The first-order chi connectivity index (χ1) is 5.25. The number of rotatable bonds is 2. The minimum atomic E-state index is 0.875. The fourth-order valence-corrected chi connectivity index (χ4v) is 2.28. The molecule has 1 aliphatic heterocycles. The number of nitrogens with one attached hydrogen (secondary N) is 1. The molecule has 0 unspecified atom stereocenters. The van der Waals surface area contributed by atoms with Crippen LogP contribution in [0.2, 0.25) is 0 Å². The van der Waals surface area contributed by atoms with Crippen molar-refractivity contribution in [1.29, 1.82) is 0 Å². The lowest BCUT2D eigenvalue weighted by molar-refractivity contribution is -0.955. The van der Waals surface area contributed by atoms with Crippen molar-refractivity contribution in [2.24, 2.45) is 0 Å². The minimum absolute atomic E-state index is 0.875. The zero-order valence-corrected chi connectivity index (χ0v) is 7.90. The lowest BCUT2D eigenvalue weighted by atomic mass is 9.98. The molecule has 0 bridgehead atoms. The SMILES string of the molecule is C[C@H]1CCC[C@H](C)[NH+]1CC[NH3+]. The van der Waals surface area contributed by atoms with Gasteiger partial charge in [-0.3, -0.25) is 0 Å². The third kappa shape index (κ3) is 2.17. The Morgan fingerprint density at radius 3 is 2.27 bits per heavy atom. The van der Waals surface area contributed by atoms with Crippen molar-refractivity contribution in [3.05, 3.63) is 0 Å². The number of hydrogen-bond donors (Lipinski definition) is 2. The van der Waals surface area contributed by atoms with Gasteiger partial charge in [-0.25, -0.2) is 0 Å². The van der Waals surface area contributed by atoms with E-state index in [1.54, 1.807) is 4.90 Å². The van der Waals surface area contributed by atoms with E-state index in [4.69, 9.17) is 0 Å². The van der Waals surface area contributed by atoms with E-state index in [2.05, 4.69) is 19.6 Å². The summed E-state index contributed by atoms with van der Waals surface area (Å²) in [5.74, 6) is 0. The van der Waals surface area contributed by atoms with Crippen molar-refractivity contribution in [1.82, 2.24) is 0 Å². The molecule has 0 radical (unpaired) electrons. The van der Waals surface area contributed by atoms with Gasteiger partial charge >= 0.3 is 0 Å². The van der Waals surface area contributed by atoms with E-state index in [0.29, 0.717) is 0 Å². The van der Waals surface area contributed by atoms with Crippen LogP contribution in [0.1, 0.15) is 33.1 Å². The second-order valence-corrected chi connectivity index (χ2v) is 3.91. The first kappa shape index (κ1) is 9.01. The molecule has 4 N–H and O–H groups in total. The van der Waals surface area contributed by atoms with E-state index < -0.39 is 0 Å². The van der Waals surface area contributed by atoms with Gasteiger partial charge in [0.25, 0.3) is 0 Å². The summed E-state index contributed by atoms with van der Waals surface area (Å²) in [5, 5.41) is 0. The molecule has 2 heteroatoms. The number of likely N-dealkylation sites (tertiary alicyclic amines) is 1. The van der Waals surface area contributed by atoms with Gasteiger partial charge in [0.1, 0.15) is 13.1 Å². The largest absolute Gasteiger partial charge is 0.353 e. The molecule has 2 atom stereocenters. The van der Waals surface area contributed by atoms with Gasteiger partial charge in [0.15, 0.2) is 0 Å². The Hall–Kier alpha value is -0.0800. The quantitative estimate of drug-likeness (QED) is 0.521. The predicted octanol–water partition coefficient (Wildman–Crippen LogP) is -0.926. The van der Waals surface area contributed by atoms with Gasteiger partial charge in [-0.2, -0.15) is 0 Å². The van der Waals surface area contributed by atoms with E-state index in [9.17, 15) is 0 Å². The third-order valence-corrected chi connectivity index (χ3v) is 3.01. The molecule has 0 aromatic heterocycles. The molecule has 0 aromatic carbocycles. The smallest absolute Gasteiger partial charge is 0.127 e. The molecule has 1 aliphatic rings. The van der Waals surface area contributed by atoms with Crippen molar-refractivity contribution < 1.29 is 10.6 Å². The molecule has 11 heavy (non-hydrogen) atoms. The van der Waals surface area contributed by atoms with Crippen LogP contribution in [0.25, 0.3) is 0 Å². The maximum absolute atomic E-state index is 3.93. The molecule has 0 spiro atoms. The Bertz CT molecular complexity index is 104. The molecule has 0 aromatic rings. The summed E-state index contributed by atoms with van der Waals surface area (Å²) in [6.45, 7) is 7.10. The fraction of sp³-hybridized carbons (Fsp3) is 1.00. The lowest BCUT2D eigenvalue weighted by Crippen LogP contribution is -3.20. The van der Waals surface area contributed by atoms with Crippen molar-refractivity contribution >= 4 is 0 Å². The van der Waals surface area contributed by atoms with Gasteiger partial charge in [-0.15, -0.1) is 0 Å². The first-order valence-electron chi connectivity index (χ1n) is 4.90. The molecule has 0 amide bonds. The molecule has 0 saturated carbocycles. The average Bonchev–Trinajstić information content (AvgIpc) is 1.97. The lowest BCUT2D eigenvalue weighted by Gasteiger charge is -2.34. The van der Waals surface area contributed by atoms with Crippen LogP contribution in [0, 0.1) is 0 Å². The molecule has 1 fully saturated rings. The van der Waals surface area contributed by atoms with Gasteiger partial charge in [-0.1, -0.05) is 0 Å². The zero-order valence-electron chi connectivity index (χ0n) is 7.90. The summed E-state index contributed by atoms with van der Waals surface area (Å²) in [4.78, 5) is 1.78. The minimum Gasteiger partial charge on any atom is -0.353 e. The highest BCUT2D eigenvalue weighted by atomic mass is 15.2. The van der Waals surface area contributed by atoms with E-state index in [0.717, 1.165) is 18.6 Å². The highest BCUT2D eigenvalue weighted by Gasteiger charge is 2.27. The Morgan fingerprint density at radius 1 is 1.27 bits per heavy atom. The van der Waals surface area contributed by atoms with E-state index in [1.165, 1.54) is 25.8 Å². The maximum Gasteiger partial charge on any atom is 0.127 e. The van der Waals surface area contributed by atoms with Crippen LogP contribution >= 0.6 is 0 Å². The van der Waals surface area contributed by atoms with Gasteiger partial charge in [-0.05, 0) is 33.1 Å². The molecular weight excluding hydrogens is 136 g/mol. The van der Waals surface area contributed by atoms with Crippen molar-refractivity contribution in [3.63, 3.8) is 0 Å². The average molecular weight is 158 g/mol. The summed E-state index contributed by atoms with van der Waals surface area (Å²) in [6.07, 6.45) is 4.27. The second-order valence-electron chi connectivity index (χ2n) is 3.91. The van der Waals surface area contributed by atoms with Crippen LogP contribution in [0.4, 0.5) is 0 Å². The van der Waals surface area contributed by atoms with Crippen LogP contribution in [0.3, 0.4) is 0 Å². The first-order valence-corrected chi connectivity index (χ1v) is 4.90. The molecule has 66 valence electrons. The normalized spacial score (nSPS) is 34.1. The van der Waals surface area contributed by atoms with E-state index in [-0.39, 0.29) is 0 Å². The van der Waals surface area contributed by atoms with Crippen molar-refractivity contribution in [2.75, 3.05) is 13.1 Å². The van der Waals surface area contributed by atoms with Crippen LogP contribution < -0.4 is 10.6 Å². The highest BCUT2D eigenvalue weighted by Crippen LogP contribution is 2.06. The Morgan fingerprint density at radius 2 is 1.82 bits per heavy atom. The third-order valence-electron chi connectivity index (χ3n) is 3.01. The van der Waals surface area contributed by atoms with Gasteiger partial charge in [0.2, 0.25) is 0 Å². The summed E-state index contributed by atoms with van der Waals surface area (Å²) in [5.41, 5.74) is 3.93. The monoisotopic (exact) mass is 158 g/mol. The standard InChI is InChI=1S/C9H20N2/c1-8-4-3-5-9(2)11(8)7-6-10/h8-9H,3-7,10H2,1-2H3/p+2/t8-,9-/m0/s1. The number of hydrogen-bond acceptors (Lipinski definition) is 0. The Kier molecular flexibility index (Phi) is 3.34. The summed E-state index contributed by atoms with van der Waals surface area (Å²) in [6, 6.07) is 1.75. The van der Waals surface area contributed by atoms with Gasteiger partial charge < -0.3 is 10.6 Å². The molecule has 0 aliphatic carbocycles. The zero-order chi connectivity index (χ0) is 8.27. The molecular formula is C9H22N2+2. The number of quaternary nitrogens is 2. The van der Waals surface area contributed by atoms with Gasteiger partial charge in [0.05, 0.1) is 12.1 Å². The Balaban J connectivity index is 2.41. The van der Waals surface area contributed by atoms with Crippen LogP contribution in [0.5, 0.6) is 0 Å². The summed E-state index contributed by atoms with van der Waals surface area (Å²) in [7, 11) is 0. The fourth-order valence-electron chi connectivity index (χ4n) is 2.28. The van der Waals surface area contributed by atoms with E-state index >= 15 is 0 Å². The van der Waals surface area contributed by atoms with Crippen LogP contribution in [-0.4, -0.2) is 25.2 Å². The van der Waals surface area contributed by atoms with Crippen molar-refractivity contribution in [2.45, 2.75) is 45.2 Å². The Labute approximate surface area is 69.8 Å². The summed E-state index contributed by atoms with van der Waals surface area (Å²) >= 11 is 0.